The summed E-state index contributed by atoms with van der Waals surface area (Å²) in [7, 11) is 0. The van der Waals surface area contributed by atoms with Crippen LogP contribution < -0.4 is 5.32 Å². The molecule has 0 aromatic carbocycles. The van der Waals surface area contributed by atoms with Crippen molar-refractivity contribution in [3.63, 3.8) is 0 Å². The Morgan fingerprint density at radius 2 is 1.95 bits per heavy atom. The minimum absolute atomic E-state index is 0.149. The van der Waals surface area contributed by atoms with Gasteiger partial charge in [-0.25, -0.2) is 4.79 Å². The topological polar surface area (TPSA) is 65.4 Å². The molecule has 1 aliphatic carbocycles. The molecule has 0 aromatic heterocycles. The van der Waals surface area contributed by atoms with Crippen molar-refractivity contribution in [1.82, 2.24) is 10.2 Å². The SMILES string of the molecule is CCOC(=O)N1CCC(NC2CCCCCC2C#N)CC1. The molecule has 0 spiro atoms. The molecule has 2 fully saturated rings. The van der Waals surface area contributed by atoms with Crippen LogP contribution in [0.1, 0.15) is 51.9 Å². The van der Waals surface area contributed by atoms with E-state index in [4.69, 9.17) is 4.74 Å². The van der Waals surface area contributed by atoms with Gasteiger partial charge in [-0.2, -0.15) is 5.26 Å². The van der Waals surface area contributed by atoms with Crippen molar-refractivity contribution in [3.05, 3.63) is 0 Å². The minimum atomic E-state index is -0.194. The number of rotatable bonds is 3. The summed E-state index contributed by atoms with van der Waals surface area (Å²) in [6.07, 6.45) is 7.49. The van der Waals surface area contributed by atoms with Crippen molar-refractivity contribution in [2.75, 3.05) is 19.7 Å². The number of piperidine rings is 1. The highest BCUT2D eigenvalue weighted by Gasteiger charge is 2.29. The Bertz CT molecular complexity index is 372. The Balaban J connectivity index is 1.79. The van der Waals surface area contributed by atoms with Gasteiger partial charge < -0.3 is 15.0 Å². The maximum atomic E-state index is 11.7. The lowest BCUT2D eigenvalue weighted by atomic mass is 9.94. The number of amides is 1. The predicted molar refractivity (Wildman–Crippen MR) is 80.7 cm³/mol. The van der Waals surface area contributed by atoms with Crippen LogP contribution in [0.3, 0.4) is 0 Å². The maximum absolute atomic E-state index is 11.7. The highest BCUT2D eigenvalue weighted by atomic mass is 16.6. The summed E-state index contributed by atoms with van der Waals surface area (Å²) in [4.78, 5) is 13.5. The van der Waals surface area contributed by atoms with Crippen LogP contribution in [0.15, 0.2) is 0 Å². The summed E-state index contributed by atoms with van der Waals surface area (Å²) in [6, 6.07) is 3.24. The number of hydrogen-bond donors (Lipinski definition) is 1. The summed E-state index contributed by atoms with van der Waals surface area (Å²) in [5.41, 5.74) is 0. The number of carbonyl (C=O) groups is 1. The first-order valence-electron chi connectivity index (χ1n) is 8.32. The van der Waals surface area contributed by atoms with Gasteiger partial charge in [0.05, 0.1) is 18.6 Å². The fourth-order valence-electron chi connectivity index (χ4n) is 3.41. The number of nitrogens with zero attached hydrogens (tertiary/aromatic N) is 2. The molecule has 0 bridgehead atoms. The summed E-state index contributed by atoms with van der Waals surface area (Å²) < 4.78 is 5.04. The summed E-state index contributed by atoms with van der Waals surface area (Å²) in [5, 5.41) is 13.0. The van der Waals surface area contributed by atoms with Crippen LogP contribution in [-0.2, 0) is 4.74 Å². The largest absolute Gasteiger partial charge is 0.450 e. The van der Waals surface area contributed by atoms with Crippen LogP contribution in [0.4, 0.5) is 4.79 Å². The molecule has 5 heteroatoms. The van der Waals surface area contributed by atoms with Crippen molar-refractivity contribution in [3.8, 4) is 6.07 Å². The van der Waals surface area contributed by atoms with Crippen molar-refractivity contribution in [2.45, 2.75) is 64.0 Å². The van der Waals surface area contributed by atoms with Gasteiger partial charge in [0.1, 0.15) is 0 Å². The number of carbonyl (C=O) groups excluding carboxylic acids is 1. The van der Waals surface area contributed by atoms with Crippen LogP contribution in [0.2, 0.25) is 0 Å². The fourth-order valence-corrected chi connectivity index (χ4v) is 3.41. The van der Waals surface area contributed by atoms with Crippen molar-refractivity contribution < 1.29 is 9.53 Å². The van der Waals surface area contributed by atoms with Gasteiger partial charge in [-0.15, -0.1) is 0 Å². The first kappa shape index (κ1) is 16.1. The summed E-state index contributed by atoms with van der Waals surface area (Å²) in [5.74, 6) is 0.149. The van der Waals surface area contributed by atoms with E-state index in [1.807, 2.05) is 6.92 Å². The van der Waals surface area contributed by atoms with Gasteiger partial charge >= 0.3 is 6.09 Å². The molecule has 1 saturated heterocycles. The van der Waals surface area contributed by atoms with E-state index in [1.54, 1.807) is 4.90 Å². The Morgan fingerprint density at radius 1 is 1.24 bits per heavy atom. The third kappa shape index (κ3) is 4.60. The summed E-state index contributed by atoms with van der Waals surface area (Å²) >= 11 is 0. The van der Waals surface area contributed by atoms with E-state index in [1.165, 1.54) is 19.3 Å². The molecular formula is C16H27N3O2. The van der Waals surface area contributed by atoms with Crippen LogP contribution in [-0.4, -0.2) is 42.8 Å². The van der Waals surface area contributed by atoms with E-state index in [0.717, 1.165) is 38.8 Å². The lowest BCUT2D eigenvalue weighted by Gasteiger charge is -2.34. The fraction of sp³-hybridized carbons (Fsp3) is 0.875. The zero-order chi connectivity index (χ0) is 15.1. The molecule has 2 aliphatic rings. The third-order valence-electron chi connectivity index (χ3n) is 4.65. The highest BCUT2D eigenvalue weighted by Crippen LogP contribution is 2.24. The normalized spacial score (nSPS) is 27.7. The molecule has 1 amide bonds. The van der Waals surface area contributed by atoms with Crippen molar-refractivity contribution in [2.24, 2.45) is 5.92 Å². The van der Waals surface area contributed by atoms with Crippen LogP contribution in [0, 0.1) is 17.2 Å². The lowest BCUT2D eigenvalue weighted by Crippen LogP contribution is -2.49. The first-order chi connectivity index (χ1) is 10.2. The molecule has 2 rings (SSSR count). The van der Waals surface area contributed by atoms with E-state index in [9.17, 15) is 10.1 Å². The minimum Gasteiger partial charge on any atom is -0.450 e. The van der Waals surface area contributed by atoms with Crippen LogP contribution in [0.25, 0.3) is 0 Å². The average Bonchev–Trinajstić information content (AvgIpc) is 2.73. The average molecular weight is 293 g/mol. The van der Waals surface area contributed by atoms with E-state index >= 15 is 0 Å². The molecule has 5 nitrogen and oxygen atoms in total. The van der Waals surface area contributed by atoms with Gasteiger partial charge in [-0.05, 0) is 32.6 Å². The van der Waals surface area contributed by atoms with Crippen LogP contribution >= 0.6 is 0 Å². The quantitative estimate of drug-likeness (QED) is 0.812. The maximum Gasteiger partial charge on any atom is 0.409 e. The first-order valence-corrected chi connectivity index (χ1v) is 8.32. The van der Waals surface area contributed by atoms with Gasteiger partial charge in [0, 0.05) is 25.2 Å². The molecule has 0 radical (unpaired) electrons. The number of likely N-dealkylation sites (tertiary alicyclic amines) is 1. The monoisotopic (exact) mass is 293 g/mol. The molecule has 2 atom stereocenters. The van der Waals surface area contributed by atoms with Crippen molar-refractivity contribution in [1.29, 1.82) is 5.26 Å². The lowest BCUT2D eigenvalue weighted by molar-refractivity contribution is 0.0935. The van der Waals surface area contributed by atoms with E-state index < -0.39 is 0 Å². The zero-order valence-electron chi connectivity index (χ0n) is 13.0. The highest BCUT2D eigenvalue weighted by molar-refractivity contribution is 5.67. The second kappa shape index (κ2) is 8.23. The molecule has 1 N–H and O–H groups in total. The number of hydrogen-bond acceptors (Lipinski definition) is 4. The third-order valence-corrected chi connectivity index (χ3v) is 4.65. The number of ether oxygens (including phenoxy) is 1. The Kier molecular flexibility index (Phi) is 6.31. The predicted octanol–water partition coefficient (Wildman–Crippen LogP) is 2.67. The smallest absolute Gasteiger partial charge is 0.409 e. The van der Waals surface area contributed by atoms with Gasteiger partial charge in [0.15, 0.2) is 0 Å². The van der Waals surface area contributed by atoms with E-state index in [2.05, 4.69) is 11.4 Å². The van der Waals surface area contributed by atoms with Crippen LogP contribution in [0.5, 0.6) is 0 Å². The Labute approximate surface area is 127 Å². The Morgan fingerprint density at radius 3 is 2.62 bits per heavy atom. The van der Waals surface area contributed by atoms with Crippen molar-refractivity contribution >= 4 is 6.09 Å². The van der Waals surface area contributed by atoms with Gasteiger partial charge in [-0.1, -0.05) is 19.3 Å². The number of nitrogens with one attached hydrogen (secondary N) is 1. The summed E-state index contributed by atoms with van der Waals surface area (Å²) in [6.45, 7) is 3.77. The molecular weight excluding hydrogens is 266 g/mol. The second-order valence-corrected chi connectivity index (χ2v) is 6.11. The van der Waals surface area contributed by atoms with E-state index in [0.29, 0.717) is 18.7 Å². The molecule has 0 aromatic rings. The van der Waals surface area contributed by atoms with Gasteiger partial charge in [0.2, 0.25) is 0 Å². The van der Waals surface area contributed by atoms with Gasteiger partial charge in [-0.3, -0.25) is 0 Å². The molecule has 1 heterocycles. The molecule has 21 heavy (non-hydrogen) atoms. The van der Waals surface area contributed by atoms with E-state index in [-0.39, 0.29) is 12.0 Å². The Hall–Kier alpha value is -1.28. The second-order valence-electron chi connectivity index (χ2n) is 6.11. The zero-order valence-corrected chi connectivity index (χ0v) is 13.0. The molecule has 2 unspecified atom stereocenters. The number of nitriles is 1. The molecule has 1 saturated carbocycles. The van der Waals surface area contributed by atoms with Gasteiger partial charge in [0.25, 0.3) is 0 Å². The molecule has 118 valence electrons. The molecule has 1 aliphatic heterocycles. The standard InChI is InChI=1S/C16H27N3O2/c1-2-21-16(20)19-10-8-14(9-11-19)18-15-7-5-3-4-6-13(15)12-17/h13-15,18H,2-11H2,1H3.